The number of benzene rings is 2. The van der Waals surface area contributed by atoms with Crippen molar-refractivity contribution in [1.82, 2.24) is 5.32 Å². The van der Waals surface area contributed by atoms with Crippen LogP contribution in [0.15, 0.2) is 46.9 Å². The molecular formula is C20H21BrFNO. The van der Waals surface area contributed by atoms with Crippen molar-refractivity contribution < 1.29 is 9.18 Å². The molecule has 3 rings (SSSR count). The van der Waals surface area contributed by atoms with E-state index in [0.29, 0.717) is 17.9 Å². The van der Waals surface area contributed by atoms with E-state index in [-0.39, 0.29) is 24.2 Å². The zero-order valence-electron chi connectivity index (χ0n) is 13.7. The number of nitrogens with one attached hydrogen (secondary N) is 1. The van der Waals surface area contributed by atoms with Crippen LogP contribution in [0.2, 0.25) is 0 Å². The summed E-state index contributed by atoms with van der Waals surface area (Å²) in [5.41, 5.74) is 2.72. The molecule has 4 heteroatoms. The first kappa shape index (κ1) is 17.2. The monoisotopic (exact) mass is 389 g/mol. The fourth-order valence-corrected chi connectivity index (χ4v) is 3.42. The highest BCUT2D eigenvalue weighted by atomic mass is 79.9. The molecule has 1 aliphatic rings. The average molecular weight is 390 g/mol. The first-order valence-electron chi connectivity index (χ1n) is 8.40. The van der Waals surface area contributed by atoms with E-state index in [2.05, 4.69) is 21.2 Å². The third-order valence-electron chi connectivity index (χ3n) is 4.55. The van der Waals surface area contributed by atoms with Crippen LogP contribution in [-0.2, 0) is 11.3 Å². The van der Waals surface area contributed by atoms with E-state index in [4.69, 9.17) is 0 Å². The molecule has 2 aromatic carbocycles. The maximum absolute atomic E-state index is 14.0. The summed E-state index contributed by atoms with van der Waals surface area (Å²) in [7, 11) is 0. The van der Waals surface area contributed by atoms with Gasteiger partial charge < -0.3 is 5.32 Å². The van der Waals surface area contributed by atoms with Crippen molar-refractivity contribution in [3.05, 3.63) is 69.4 Å². The molecular weight excluding hydrogens is 369 g/mol. The van der Waals surface area contributed by atoms with Crippen LogP contribution in [0.4, 0.5) is 4.39 Å². The van der Waals surface area contributed by atoms with Gasteiger partial charge >= 0.3 is 0 Å². The van der Waals surface area contributed by atoms with Gasteiger partial charge in [0.1, 0.15) is 5.82 Å². The Hall–Kier alpha value is -1.68. The van der Waals surface area contributed by atoms with E-state index in [1.165, 1.54) is 24.5 Å². The zero-order chi connectivity index (χ0) is 17.1. The van der Waals surface area contributed by atoms with Crippen molar-refractivity contribution >= 4 is 21.8 Å². The van der Waals surface area contributed by atoms with Crippen molar-refractivity contribution in [1.29, 1.82) is 0 Å². The second-order valence-electron chi connectivity index (χ2n) is 6.36. The van der Waals surface area contributed by atoms with E-state index >= 15 is 0 Å². The lowest BCUT2D eigenvalue weighted by Gasteiger charge is -2.16. The highest BCUT2D eigenvalue weighted by molar-refractivity contribution is 9.10. The minimum atomic E-state index is -0.254. The van der Waals surface area contributed by atoms with Crippen molar-refractivity contribution in [3.8, 4) is 0 Å². The highest BCUT2D eigenvalue weighted by Crippen LogP contribution is 2.40. The van der Waals surface area contributed by atoms with E-state index in [0.717, 1.165) is 10.0 Å². The Bertz CT molecular complexity index is 742. The molecule has 1 fully saturated rings. The minimum absolute atomic E-state index is 0.0631. The molecule has 1 saturated carbocycles. The zero-order valence-corrected chi connectivity index (χ0v) is 15.3. The van der Waals surface area contributed by atoms with Gasteiger partial charge in [0.25, 0.3) is 0 Å². The van der Waals surface area contributed by atoms with E-state index in [1.54, 1.807) is 0 Å². The molecule has 126 valence electrons. The van der Waals surface area contributed by atoms with Gasteiger partial charge in [-0.2, -0.15) is 0 Å². The number of rotatable bonds is 6. The van der Waals surface area contributed by atoms with Gasteiger partial charge in [-0.3, -0.25) is 4.79 Å². The lowest BCUT2D eigenvalue weighted by Crippen LogP contribution is -2.29. The van der Waals surface area contributed by atoms with Crippen molar-refractivity contribution in [2.75, 3.05) is 0 Å². The van der Waals surface area contributed by atoms with Gasteiger partial charge in [-0.05, 0) is 54.5 Å². The molecule has 24 heavy (non-hydrogen) atoms. The topological polar surface area (TPSA) is 29.1 Å². The number of halogens is 2. The average Bonchev–Trinajstić information content (AvgIpc) is 3.40. The van der Waals surface area contributed by atoms with E-state index < -0.39 is 0 Å². The second kappa shape index (κ2) is 7.47. The SMILES string of the molecule is CCC(C(=O)NCc1cc(C2CC2)ccc1F)c1cccc(Br)c1. The number of carbonyl (C=O) groups is 1. The Balaban J connectivity index is 1.69. The molecule has 1 aliphatic carbocycles. The summed E-state index contributed by atoms with van der Waals surface area (Å²) < 4.78 is 15.0. The Morgan fingerprint density at radius 3 is 2.75 bits per heavy atom. The van der Waals surface area contributed by atoms with Crippen LogP contribution >= 0.6 is 15.9 Å². The molecule has 2 aromatic rings. The lowest BCUT2D eigenvalue weighted by molar-refractivity contribution is -0.122. The number of carbonyl (C=O) groups excluding carboxylic acids is 1. The molecule has 0 heterocycles. The molecule has 1 amide bonds. The van der Waals surface area contributed by atoms with Crippen LogP contribution in [0, 0.1) is 5.82 Å². The molecule has 2 nitrogen and oxygen atoms in total. The molecule has 0 saturated heterocycles. The summed E-state index contributed by atoms with van der Waals surface area (Å²) in [4.78, 5) is 12.6. The van der Waals surface area contributed by atoms with Crippen LogP contribution < -0.4 is 5.32 Å². The summed E-state index contributed by atoms with van der Waals surface area (Å²) in [6, 6.07) is 13.0. The second-order valence-corrected chi connectivity index (χ2v) is 7.27. The van der Waals surface area contributed by atoms with Gasteiger partial charge in [0.05, 0.1) is 5.92 Å². The smallest absolute Gasteiger partial charge is 0.227 e. The molecule has 0 aliphatic heterocycles. The Labute approximate surface area is 150 Å². The van der Waals surface area contributed by atoms with Gasteiger partial charge in [-0.15, -0.1) is 0 Å². The third kappa shape index (κ3) is 4.04. The molecule has 0 spiro atoms. The predicted octanol–water partition coefficient (Wildman–Crippen LogP) is 5.28. The quantitative estimate of drug-likeness (QED) is 0.715. The third-order valence-corrected chi connectivity index (χ3v) is 5.04. The fourth-order valence-electron chi connectivity index (χ4n) is 3.00. The predicted molar refractivity (Wildman–Crippen MR) is 97.4 cm³/mol. The standard InChI is InChI=1S/C20H21BrFNO/c1-2-18(15-4-3-5-17(21)11-15)20(24)23-12-16-10-14(13-6-7-13)8-9-19(16)22/h3-5,8-11,13,18H,2,6-7,12H2,1H3,(H,23,24). The fraction of sp³-hybridized carbons (Fsp3) is 0.350. The summed E-state index contributed by atoms with van der Waals surface area (Å²) in [6.07, 6.45) is 3.06. The summed E-state index contributed by atoms with van der Waals surface area (Å²) in [5.74, 6) is 0.0318. The van der Waals surface area contributed by atoms with Crippen molar-refractivity contribution in [2.24, 2.45) is 0 Å². The maximum Gasteiger partial charge on any atom is 0.227 e. The van der Waals surface area contributed by atoms with E-state index in [9.17, 15) is 9.18 Å². The normalized spacial score (nSPS) is 15.1. The van der Waals surface area contributed by atoms with Gasteiger partial charge in [0.2, 0.25) is 5.91 Å². The van der Waals surface area contributed by atoms with Gasteiger partial charge in [0, 0.05) is 16.6 Å². The Morgan fingerprint density at radius 2 is 2.08 bits per heavy atom. The summed E-state index contributed by atoms with van der Waals surface area (Å²) in [6.45, 7) is 2.22. The van der Waals surface area contributed by atoms with Crippen LogP contribution in [0.3, 0.4) is 0 Å². The minimum Gasteiger partial charge on any atom is -0.351 e. The van der Waals surface area contributed by atoms with Crippen LogP contribution in [0.1, 0.15) is 54.7 Å². The number of hydrogen-bond acceptors (Lipinski definition) is 1. The molecule has 1 atom stereocenters. The van der Waals surface area contributed by atoms with Crippen molar-refractivity contribution in [3.63, 3.8) is 0 Å². The first-order chi connectivity index (χ1) is 11.6. The maximum atomic E-state index is 14.0. The molecule has 0 bridgehead atoms. The van der Waals surface area contributed by atoms with Gasteiger partial charge in [0.15, 0.2) is 0 Å². The van der Waals surface area contributed by atoms with Gasteiger partial charge in [-0.1, -0.05) is 47.1 Å². The highest BCUT2D eigenvalue weighted by Gasteiger charge is 2.24. The summed E-state index contributed by atoms with van der Waals surface area (Å²) >= 11 is 3.44. The molecule has 0 radical (unpaired) electrons. The van der Waals surface area contributed by atoms with Gasteiger partial charge in [-0.25, -0.2) is 4.39 Å². The van der Waals surface area contributed by atoms with Crippen LogP contribution in [-0.4, -0.2) is 5.91 Å². The lowest BCUT2D eigenvalue weighted by atomic mass is 9.95. The number of hydrogen-bond donors (Lipinski definition) is 1. The number of amides is 1. The molecule has 1 N–H and O–H groups in total. The molecule has 1 unspecified atom stereocenters. The Kier molecular flexibility index (Phi) is 5.34. The Morgan fingerprint density at radius 1 is 1.29 bits per heavy atom. The largest absolute Gasteiger partial charge is 0.351 e. The first-order valence-corrected chi connectivity index (χ1v) is 9.19. The van der Waals surface area contributed by atoms with E-state index in [1.807, 2.05) is 43.3 Å². The van der Waals surface area contributed by atoms with Crippen molar-refractivity contribution in [2.45, 2.75) is 44.6 Å². The van der Waals surface area contributed by atoms with Crippen LogP contribution in [0.5, 0.6) is 0 Å². The van der Waals surface area contributed by atoms with Crippen LogP contribution in [0.25, 0.3) is 0 Å². The molecule has 0 aromatic heterocycles. The summed E-state index contributed by atoms with van der Waals surface area (Å²) in [5, 5.41) is 2.90.